The Morgan fingerprint density at radius 3 is 2.69 bits per heavy atom. The minimum Gasteiger partial charge on any atom is -0.507 e. The zero-order valence-electron chi connectivity index (χ0n) is 14.2. The van der Waals surface area contributed by atoms with Crippen molar-refractivity contribution < 1.29 is 24.2 Å². The summed E-state index contributed by atoms with van der Waals surface area (Å²) in [5.41, 5.74) is 1.44. The third-order valence-corrected chi connectivity index (χ3v) is 4.20. The van der Waals surface area contributed by atoms with Gasteiger partial charge in [-0.3, -0.25) is 4.79 Å². The number of oxime groups is 1. The van der Waals surface area contributed by atoms with Crippen molar-refractivity contribution in [2.24, 2.45) is 5.16 Å². The van der Waals surface area contributed by atoms with Gasteiger partial charge in [0.1, 0.15) is 17.2 Å². The Hall–Kier alpha value is -2.93. The Bertz CT molecular complexity index is 869. The number of halogens is 1. The number of nitrogens with one attached hydrogen (secondary N) is 1. The average molecular weight is 377 g/mol. The van der Waals surface area contributed by atoms with Gasteiger partial charge in [0.05, 0.1) is 30.6 Å². The molecule has 0 bridgehead atoms. The van der Waals surface area contributed by atoms with Crippen molar-refractivity contribution in [3.63, 3.8) is 0 Å². The highest BCUT2D eigenvalue weighted by Gasteiger charge is 2.30. The van der Waals surface area contributed by atoms with Crippen LogP contribution in [0.5, 0.6) is 17.2 Å². The molecule has 3 rings (SSSR count). The Balaban J connectivity index is 1.73. The third-order valence-electron chi connectivity index (χ3n) is 3.91. The molecule has 2 aromatic carbocycles. The second-order valence-corrected chi connectivity index (χ2v) is 5.94. The lowest BCUT2D eigenvalue weighted by Crippen LogP contribution is -2.28. The van der Waals surface area contributed by atoms with Crippen LogP contribution in [0, 0.1) is 0 Å². The van der Waals surface area contributed by atoms with Gasteiger partial charge >= 0.3 is 0 Å². The van der Waals surface area contributed by atoms with Gasteiger partial charge < -0.3 is 24.7 Å². The maximum Gasteiger partial charge on any atom is 0.268 e. The fourth-order valence-electron chi connectivity index (χ4n) is 2.57. The van der Waals surface area contributed by atoms with E-state index >= 15 is 0 Å². The number of anilines is 1. The molecular formula is C18H17ClN2O5. The number of amides is 1. The zero-order valence-corrected chi connectivity index (χ0v) is 14.9. The lowest BCUT2D eigenvalue weighted by molar-refractivity contribution is -0.125. The molecule has 26 heavy (non-hydrogen) atoms. The van der Waals surface area contributed by atoms with Gasteiger partial charge in [0.15, 0.2) is 0 Å². The SMILES string of the molecule is COc1cc(NC(=O)[C@@H]2CC(c3ccccc3O)=NO2)c(OC)cc1Cl. The number of rotatable bonds is 5. The molecule has 0 saturated heterocycles. The van der Waals surface area contributed by atoms with Crippen molar-refractivity contribution in [2.45, 2.75) is 12.5 Å². The van der Waals surface area contributed by atoms with Crippen molar-refractivity contribution in [3.05, 3.63) is 47.0 Å². The molecule has 0 unspecified atom stereocenters. The Morgan fingerprint density at radius 2 is 2.00 bits per heavy atom. The van der Waals surface area contributed by atoms with E-state index < -0.39 is 12.0 Å². The summed E-state index contributed by atoms with van der Waals surface area (Å²) < 4.78 is 10.4. The van der Waals surface area contributed by atoms with Gasteiger partial charge in [-0.2, -0.15) is 0 Å². The largest absolute Gasteiger partial charge is 0.507 e. The highest BCUT2D eigenvalue weighted by Crippen LogP contribution is 2.36. The molecule has 2 aromatic rings. The van der Waals surface area contributed by atoms with Gasteiger partial charge in [0.25, 0.3) is 5.91 Å². The summed E-state index contributed by atoms with van der Waals surface area (Å²) in [6.45, 7) is 0. The van der Waals surface area contributed by atoms with Gasteiger partial charge in [-0.25, -0.2) is 0 Å². The van der Waals surface area contributed by atoms with Gasteiger partial charge in [-0.05, 0) is 12.1 Å². The topological polar surface area (TPSA) is 89.4 Å². The molecule has 136 valence electrons. The molecule has 0 aromatic heterocycles. The van der Waals surface area contributed by atoms with E-state index in [1.54, 1.807) is 36.4 Å². The number of phenolic OH excluding ortho intramolecular Hbond substituents is 1. The highest BCUT2D eigenvalue weighted by atomic mass is 35.5. The lowest BCUT2D eigenvalue weighted by Gasteiger charge is -2.14. The second-order valence-electron chi connectivity index (χ2n) is 5.53. The molecule has 0 radical (unpaired) electrons. The number of aromatic hydroxyl groups is 1. The number of methoxy groups -OCH3 is 2. The van der Waals surface area contributed by atoms with Crippen LogP contribution in [0.1, 0.15) is 12.0 Å². The van der Waals surface area contributed by atoms with E-state index in [4.69, 9.17) is 25.9 Å². The van der Waals surface area contributed by atoms with E-state index in [0.717, 1.165) is 0 Å². The van der Waals surface area contributed by atoms with Crippen molar-refractivity contribution >= 4 is 28.9 Å². The van der Waals surface area contributed by atoms with Crippen LogP contribution in [-0.4, -0.2) is 37.0 Å². The Labute approximate surface area is 155 Å². The smallest absolute Gasteiger partial charge is 0.268 e. The Kier molecular flexibility index (Phi) is 5.18. The molecule has 1 aliphatic heterocycles. The normalized spacial score (nSPS) is 15.8. The fraction of sp³-hybridized carbons (Fsp3) is 0.222. The molecule has 0 aliphatic carbocycles. The van der Waals surface area contributed by atoms with E-state index in [9.17, 15) is 9.90 Å². The first-order chi connectivity index (χ1) is 12.5. The van der Waals surface area contributed by atoms with Crippen molar-refractivity contribution in [1.29, 1.82) is 0 Å². The number of nitrogens with zero attached hydrogens (tertiary/aromatic N) is 1. The number of phenols is 1. The Morgan fingerprint density at radius 1 is 1.27 bits per heavy atom. The van der Waals surface area contributed by atoms with Gasteiger partial charge in [0.2, 0.25) is 6.10 Å². The summed E-state index contributed by atoms with van der Waals surface area (Å²) in [7, 11) is 2.95. The minimum absolute atomic E-state index is 0.0833. The van der Waals surface area contributed by atoms with Crippen LogP contribution >= 0.6 is 11.6 Å². The predicted molar refractivity (Wildman–Crippen MR) is 97.3 cm³/mol. The molecule has 7 nitrogen and oxygen atoms in total. The molecule has 1 heterocycles. The molecule has 1 aliphatic rings. The molecule has 0 spiro atoms. The predicted octanol–water partition coefficient (Wildman–Crippen LogP) is 3.19. The summed E-state index contributed by atoms with van der Waals surface area (Å²) >= 11 is 6.06. The maximum atomic E-state index is 12.5. The highest BCUT2D eigenvalue weighted by molar-refractivity contribution is 6.32. The molecule has 0 fully saturated rings. The van der Waals surface area contributed by atoms with E-state index in [1.807, 2.05) is 0 Å². The van der Waals surface area contributed by atoms with E-state index in [2.05, 4.69) is 10.5 Å². The first-order valence-electron chi connectivity index (χ1n) is 7.77. The number of para-hydroxylation sites is 1. The minimum atomic E-state index is -0.823. The van der Waals surface area contributed by atoms with Crippen LogP contribution in [0.2, 0.25) is 5.02 Å². The van der Waals surface area contributed by atoms with Crippen LogP contribution in [-0.2, 0) is 9.63 Å². The lowest BCUT2D eigenvalue weighted by atomic mass is 10.0. The average Bonchev–Trinajstić information content (AvgIpc) is 3.13. The van der Waals surface area contributed by atoms with E-state index in [-0.39, 0.29) is 12.2 Å². The first-order valence-corrected chi connectivity index (χ1v) is 8.14. The first kappa shape index (κ1) is 17.9. The van der Waals surface area contributed by atoms with E-state index in [1.165, 1.54) is 14.2 Å². The third kappa shape index (κ3) is 3.52. The van der Waals surface area contributed by atoms with E-state index in [0.29, 0.717) is 33.5 Å². The van der Waals surface area contributed by atoms with Crippen LogP contribution < -0.4 is 14.8 Å². The van der Waals surface area contributed by atoms with Crippen LogP contribution in [0.25, 0.3) is 0 Å². The number of benzene rings is 2. The fourth-order valence-corrected chi connectivity index (χ4v) is 2.80. The second kappa shape index (κ2) is 7.53. The van der Waals surface area contributed by atoms with Crippen LogP contribution in [0.15, 0.2) is 41.6 Å². The molecule has 1 amide bonds. The number of ether oxygens (including phenoxy) is 2. The number of hydrogen-bond acceptors (Lipinski definition) is 6. The van der Waals surface area contributed by atoms with Crippen LogP contribution in [0.4, 0.5) is 5.69 Å². The maximum absolute atomic E-state index is 12.5. The van der Waals surface area contributed by atoms with Gasteiger partial charge in [-0.1, -0.05) is 28.9 Å². The van der Waals surface area contributed by atoms with Crippen molar-refractivity contribution in [2.75, 3.05) is 19.5 Å². The van der Waals surface area contributed by atoms with Crippen molar-refractivity contribution in [3.8, 4) is 17.2 Å². The number of carbonyl (C=O) groups excluding carboxylic acids is 1. The molecule has 0 saturated carbocycles. The summed E-state index contributed by atoms with van der Waals surface area (Å²) in [5, 5.41) is 16.9. The van der Waals surface area contributed by atoms with Crippen molar-refractivity contribution in [1.82, 2.24) is 0 Å². The summed E-state index contributed by atoms with van der Waals surface area (Å²) in [5.74, 6) is 0.479. The molecule has 8 heteroatoms. The number of carbonyl (C=O) groups is 1. The zero-order chi connectivity index (χ0) is 18.7. The van der Waals surface area contributed by atoms with Gasteiger partial charge in [0, 0.05) is 24.1 Å². The summed E-state index contributed by atoms with van der Waals surface area (Å²) in [4.78, 5) is 17.8. The summed E-state index contributed by atoms with van der Waals surface area (Å²) in [6.07, 6.45) is -0.591. The van der Waals surface area contributed by atoms with Crippen LogP contribution in [0.3, 0.4) is 0 Å². The molecule has 1 atom stereocenters. The monoisotopic (exact) mass is 376 g/mol. The molecular weight excluding hydrogens is 360 g/mol. The summed E-state index contributed by atoms with van der Waals surface area (Å²) in [6, 6.07) is 9.87. The molecule has 2 N–H and O–H groups in total. The number of hydrogen-bond donors (Lipinski definition) is 2. The van der Waals surface area contributed by atoms with Gasteiger partial charge in [-0.15, -0.1) is 0 Å². The quantitative estimate of drug-likeness (QED) is 0.836. The standard InChI is InChI=1S/C18H17ClN2O5/c1-24-15-9-13(16(25-2)7-11(15)19)20-18(23)17-8-12(21-26-17)10-5-3-4-6-14(10)22/h3-7,9,17,22H,8H2,1-2H3,(H,20,23)/t17-/m0/s1.